The van der Waals surface area contributed by atoms with Gasteiger partial charge in [-0.15, -0.1) is 0 Å². The number of ether oxygens (including phenoxy) is 2. The summed E-state index contributed by atoms with van der Waals surface area (Å²) in [7, 11) is 1.42. The number of benzene rings is 2. The van der Waals surface area contributed by atoms with E-state index >= 15 is 0 Å². The van der Waals surface area contributed by atoms with Crippen LogP contribution < -0.4 is 9.47 Å². The van der Waals surface area contributed by atoms with Crippen molar-refractivity contribution < 1.29 is 24.0 Å². The highest BCUT2D eigenvalue weighted by atomic mass is 16.6. The lowest BCUT2D eigenvalue weighted by Gasteiger charge is -2.33. The summed E-state index contributed by atoms with van der Waals surface area (Å²) in [6.45, 7) is 0. The normalized spacial score (nSPS) is 18.2. The van der Waals surface area contributed by atoms with Crippen LogP contribution in [0.1, 0.15) is 30.0 Å². The van der Waals surface area contributed by atoms with E-state index in [1.807, 2.05) is 0 Å². The van der Waals surface area contributed by atoms with E-state index in [-0.39, 0.29) is 41.7 Å². The first-order chi connectivity index (χ1) is 12.5. The maximum atomic E-state index is 12.4. The van der Waals surface area contributed by atoms with Crippen LogP contribution in [0.25, 0.3) is 0 Å². The van der Waals surface area contributed by atoms with Crippen molar-refractivity contribution in [2.75, 3.05) is 7.11 Å². The third kappa shape index (κ3) is 2.22. The number of likely N-dealkylation sites (tertiary alicyclic amines) is 1. The van der Waals surface area contributed by atoms with Crippen LogP contribution in [-0.4, -0.2) is 28.7 Å². The average Bonchev–Trinajstić information content (AvgIpc) is 2.97. The Morgan fingerprint density at radius 1 is 1.15 bits per heavy atom. The highest BCUT2D eigenvalue weighted by Crippen LogP contribution is 2.53. The molecule has 8 heteroatoms. The first-order valence-electron chi connectivity index (χ1n) is 8.00. The highest BCUT2D eigenvalue weighted by Gasteiger charge is 2.45. The molecule has 0 aromatic heterocycles. The van der Waals surface area contributed by atoms with Crippen LogP contribution in [-0.2, 0) is 9.59 Å². The molecule has 0 bridgehead atoms. The van der Waals surface area contributed by atoms with Crippen molar-refractivity contribution in [3.8, 4) is 17.2 Å². The summed E-state index contributed by atoms with van der Waals surface area (Å²) in [5, 5.41) is 11.6. The van der Waals surface area contributed by atoms with E-state index in [0.717, 1.165) is 4.90 Å². The number of methoxy groups -OCH3 is 1. The second-order valence-corrected chi connectivity index (χ2v) is 5.99. The third-order valence-electron chi connectivity index (χ3n) is 4.60. The van der Waals surface area contributed by atoms with Gasteiger partial charge >= 0.3 is 0 Å². The molecule has 2 amide bonds. The van der Waals surface area contributed by atoms with Gasteiger partial charge < -0.3 is 9.47 Å². The van der Waals surface area contributed by atoms with Crippen LogP contribution in [0, 0.1) is 10.1 Å². The lowest BCUT2D eigenvalue weighted by atomic mass is 9.91. The topological polar surface area (TPSA) is 99.0 Å². The Morgan fingerprint density at radius 3 is 2.50 bits per heavy atom. The van der Waals surface area contributed by atoms with Gasteiger partial charge in [0.15, 0.2) is 11.5 Å². The van der Waals surface area contributed by atoms with E-state index in [4.69, 9.17) is 9.47 Å². The summed E-state index contributed by atoms with van der Waals surface area (Å²) in [4.78, 5) is 37.0. The molecule has 2 aromatic rings. The number of hydrogen-bond donors (Lipinski definition) is 0. The summed E-state index contributed by atoms with van der Waals surface area (Å²) >= 11 is 0. The molecule has 132 valence electrons. The molecule has 1 fully saturated rings. The monoisotopic (exact) mass is 354 g/mol. The number of fused-ring (bicyclic) bond motifs is 2. The molecule has 2 aliphatic heterocycles. The molecular formula is C18H14N2O6. The van der Waals surface area contributed by atoms with E-state index < -0.39 is 11.0 Å². The van der Waals surface area contributed by atoms with Gasteiger partial charge in [-0.05, 0) is 12.1 Å². The first-order valence-corrected chi connectivity index (χ1v) is 8.00. The number of nitrogens with zero attached hydrogens (tertiary/aromatic N) is 2. The number of rotatable bonds is 3. The summed E-state index contributed by atoms with van der Waals surface area (Å²) in [6.07, 6.45) is 0.177. The molecule has 0 spiro atoms. The van der Waals surface area contributed by atoms with Crippen LogP contribution in [0.4, 0.5) is 5.69 Å². The van der Waals surface area contributed by atoms with Gasteiger partial charge in [-0.25, -0.2) is 0 Å². The van der Waals surface area contributed by atoms with E-state index in [1.54, 1.807) is 24.3 Å². The minimum absolute atomic E-state index is 0.0887. The van der Waals surface area contributed by atoms with Crippen molar-refractivity contribution in [3.63, 3.8) is 0 Å². The number of imide groups is 1. The summed E-state index contributed by atoms with van der Waals surface area (Å²) in [5.41, 5.74) is 0.449. The largest absolute Gasteiger partial charge is 0.493 e. The number of carbonyl (C=O) groups is 2. The Balaban J connectivity index is 2.04. The third-order valence-corrected chi connectivity index (χ3v) is 4.60. The van der Waals surface area contributed by atoms with Gasteiger partial charge in [0.1, 0.15) is 17.4 Å². The Labute approximate surface area is 148 Å². The number of hydrogen-bond acceptors (Lipinski definition) is 6. The Bertz CT molecular complexity index is 939. The Morgan fingerprint density at radius 2 is 1.85 bits per heavy atom. The standard InChI is InChI=1S/C18H14N2O6/c1-25-13-7-6-11(20(23)24)16-17(19-14(21)8-9-15(19)22)10-4-2-3-5-12(10)26-18(13)16/h2-7,17H,8-9H2,1H3. The van der Waals surface area contributed by atoms with Crippen molar-refractivity contribution in [2.24, 2.45) is 0 Å². The molecule has 4 rings (SSSR count). The smallest absolute Gasteiger partial charge is 0.279 e. The van der Waals surface area contributed by atoms with Gasteiger partial charge in [-0.1, -0.05) is 18.2 Å². The van der Waals surface area contributed by atoms with Crippen molar-refractivity contribution in [1.82, 2.24) is 4.90 Å². The fourth-order valence-corrected chi connectivity index (χ4v) is 3.47. The second kappa shape index (κ2) is 5.83. The molecule has 1 saturated heterocycles. The minimum atomic E-state index is -0.923. The molecular weight excluding hydrogens is 340 g/mol. The first kappa shape index (κ1) is 16.1. The van der Waals surface area contributed by atoms with Crippen molar-refractivity contribution in [3.05, 3.63) is 57.6 Å². The Hall–Kier alpha value is -3.42. The van der Waals surface area contributed by atoms with Crippen LogP contribution in [0.3, 0.4) is 0 Å². The van der Waals surface area contributed by atoms with Gasteiger partial charge in [0.2, 0.25) is 11.8 Å². The minimum Gasteiger partial charge on any atom is -0.493 e. The summed E-state index contributed by atoms with van der Waals surface area (Å²) in [5.74, 6) is 0.151. The molecule has 2 aliphatic rings. The zero-order valence-electron chi connectivity index (χ0n) is 13.8. The van der Waals surface area contributed by atoms with Crippen molar-refractivity contribution in [2.45, 2.75) is 18.9 Å². The maximum Gasteiger partial charge on any atom is 0.279 e. The number of amides is 2. The average molecular weight is 354 g/mol. The van der Waals surface area contributed by atoms with E-state index in [2.05, 4.69) is 0 Å². The lowest BCUT2D eigenvalue weighted by Crippen LogP contribution is -2.36. The molecule has 1 unspecified atom stereocenters. The van der Waals surface area contributed by atoms with E-state index in [1.165, 1.54) is 19.2 Å². The zero-order chi connectivity index (χ0) is 18.4. The summed E-state index contributed by atoms with van der Waals surface area (Å²) in [6, 6.07) is 8.69. The lowest BCUT2D eigenvalue weighted by molar-refractivity contribution is -0.385. The predicted octanol–water partition coefficient (Wildman–Crippen LogP) is 2.95. The number of para-hydroxylation sites is 1. The molecule has 0 radical (unpaired) electrons. The van der Waals surface area contributed by atoms with Crippen LogP contribution in [0.15, 0.2) is 36.4 Å². The molecule has 1 atom stereocenters. The van der Waals surface area contributed by atoms with Crippen molar-refractivity contribution >= 4 is 17.5 Å². The number of nitro groups is 1. The molecule has 2 aromatic carbocycles. The number of carbonyl (C=O) groups excluding carboxylic acids is 2. The van der Waals surface area contributed by atoms with Gasteiger partial charge in [0.05, 0.1) is 12.0 Å². The van der Waals surface area contributed by atoms with E-state index in [9.17, 15) is 19.7 Å². The van der Waals surface area contributed by atoms with Gasteiger partial charge in [0.25, 0.3) is 5.69 Å². The fourth-order valence-electron chi connectivity index (χ4n) is 3.47. The molecule has 2 heterocycles. The van der Waals surface area contributed by atoms with Gasteiger partial charge in [0, 0.05) is 24.5 Å². The Kier molecular flexibility index (Phi) is 3.61. The molecule has 0 N–H and O–H groups in total. The SMILES string of the molecule is COc1ccc([N+](=O)[O-])c2c1Oc1ccccc1C2N1C(=O)CCC1=O. The van der Waals surface area contributed by atoms with Crippen LogP contribution in [0.2, 0.25) is 0 Å². The molecule has 8 nitrogen and oxygen atoms in total. The highest BCUT2D eigenvalue weighted by molar-refractivity contribution is 6.03. The fraction of sp³-hybridized carbons (Fsp3) is 0.222. The molecule has 0 aliphatic carbocycles. The van der Waals surface area contributed by atoms with Gasteiger partial charge in [-0.3, -0.25) is 24.6 Å². The van der Waals surface area contributed by atoms with Crippen molar-refractivity contribution in [1.29, 1.82) is 0 Å². The zero-order valence-corrected chi connectivity index (χ0v) is 13.8. The van der Waals surface area contributed by atoms with Gasteiger partial charge in [-0.2, -0.15) is 0 Å². The number of nitro benzene ring substituents is 1. The quantitative estimate of drug-likeness (QED) is 0.477. The molecule has 26 heavy (non-hydrogen) atoms. The summed E-state index contributed by atoms with van der Waals surface area (Å²) < 4.78 is 11.2. The predicted molar refractivity (Wildman–Crippen MR) is 89.1 cm³/mol. The van der Waals surface area contributed by atoms with E-state index in [0.29, 0.717) is 17.1 Å². The maximum absolute atomic E-state index is 12.4. The van der Waals surface area contributed by atoms with Crippen LogP contribution in [0.5, 0.6) is 17.2 Å². The second-order valence-electron chi connectivity index (χ2n) is 5.99. The van der Waals surface area contributed by atoms with Crippen LogP contribution >= 0.6 is 0 Å². The molecule has 0 saturated carbocycles.